The van der Waals surface area contributed by atoms with Gasteiger partial charge in [0.25, 0.3) is 5.69 Å². The predicted octanol–water partition coefficient (Wildman–Crippen LogP) is 1.43. The molecule has 1 unspecified atom stereocenters. The zero-order valence-electron chi connectivity index (χ0n) is 13.5. The van der Waals surface area contributed by atoms with Gasteiger partial charge in [-0.15, -0.1) is 0 Å². The second kappa shape index (κ2) is 6.77. The fourth-order valence-electron chi connectivity index (χ4n) is 2.68. The Morgan fingerprint density at radius 2 is 1.88 bits per heavy atom. The van der Waals surface area contributed by atoms with E-state index in [9.17, 15) is 26.9 Å². The van der Waals surface area contributed by atoms with Gasteiger partial charge in [0, 0.05) is 24.7 Å². The summed E-state index contributed by atoms with van der Waals surface area (Å²) in [5, 5.41) is 10.7. The summed E-state index contributed by atoms with van der Waals surface area (Å²) in [6.45, 7) is 3.89. The fourth-order valence-corrected chi connectivity index (χ4v) is 6.32. The molecule has 1 aromatic rings. The molecule has 8 nitrogen and oxygen atoms in total. The van der Waals surface area contributed by atoms with Crippen LogP contribution in [0.1, 0.15) is 20.3 Å². The zero-order valence-corrected chi connectivity index (χ0v) is 15.1. The summed E-state index contributed by atoms with van der Waals surface area (Å²) in [5.74, 6) is -0.199. The van der Waals surface area contributed by atoms with E-state index in [0.29, 0.717) is 0 Å². The molecule has 0 aliphatic carbocycles. The minimum absolute atomic E-state index is 0.0149. The molecule has 0 spiro atoms. The molecule has 1 saturated heterocycles. The van der Waals surface area contributed by atoms with Gasteiger partial charge in [0.2, 0.25) is 10.0 Å². The number of hydrogen-bond acceptors (Lipinski definition) is 6. The van der Waals surface area contributed by atoms with Gasteiger partial charge in [0.1, 0.15) is 0 Å². The van der Waals surface area contributed by atoms with E-state index in [1.54, 1.807) is 0 Å². The van der Waals surface area contributed by atoms with Crippen molar-refractivity contribution >= 4 is 25.5 Å². The lowest BCUT2D eigenvalue weighted by Crippen LogP contribution is -2.43. The highest BCUT2D eigenvalue weighted by molar-refractivity contribution is 7.92. The molecule has 1 aromatic carbocycles. The van der Waals surface area contributed by atoms with Crippen LogP contribution in [0.2, 0.25) is 0 Å². The molecule has 0 amide bonds. The second-order valence-corrected chi connectivity index (χ2v) is 10.4. The summed E-state index contributed by atoms with van der Waals surface area (Å²) < 4.78 is 50.5. The zero-order chi connectivity index (χ0) is 18.1. The summed E-state index contributed by atoms with van der Waals surface area (Å²) in [7, 11) is -7.16. The van der Waals surface area contributed by atoms with E-state index in [0.717, 1.165) is 12.1 Å². The number of sulfonamides is 1. The molecule has 0 N–H and O–H groups in total. The van der Waals surface area contributed by atoms with Crippen molar-refractivity contribution < 1.29 is 21.8 Å². The summed E-state index contributed by atoms with van der Waals surface area (Å²) in [5.41, 5.74) is -0.201. The lowest BCUT2D eigenvalue weighted by atomic mass is 10.2. The van der Waals surface area contributed by atoms with Crippen LogP contribution >= 0.6 is 0 Å². The van der Waals surface area contributed by atoms with Gasteiger partial charge in [-0.3, -0.25) is 10.1 Å². The van der Waals surface area contributed by atoms with E-state index in [4.69, 9.17) is 0 Å². The monoisotopic (exact) mass is 376 g/mol. The molecule has 2 rings (SSSR count). The lowest BCUT2D eigenvalue weighted by molar-refractivity contribution is -0.384. The molecule has 0 radical (unpaired) electrons. The van der Waals surface area contributed by atoms with Crippen LogP contribution in [0.3, 0.4) is 0 Å². The molecular weight excluding hydrogens is 356 g/mol. The van der Waals surface area contributed by atoms with Gasteiger partial charge < -0.3 is 0 Å². The largest absolute Gasteiger partial charge is 0.269 e. The first-order chi connectivity index (χ1) is 11.0. The van der Waals surface area contributed by atoms with Crippen LogP contribution in [0.4, 0.5) is 5.69 Å². The molecule has 1 aliphatic heterocycles. The third kappa shape index (κ3) is 4.11. The van der Waals surface area contributed by atoms with Crippen LogP contribution in [0.25, 0.3) is 0 Å². The van der Waals surface area contributed by atoms with Crippen molar-refractivity contribution in [2.75, 3.05) is 18.1 Å². The molecule has 1 heterocycles. The van der Waals surface area contributed by atoms with Crippen molar-refractivity contribution in [3.05, 3.63) is 34.4 Å². The SMILES string of the molecule is CC(C)CN(C1CCS(=O)(=O)C1)S(=O)(=O)c1ccc([N+](=O)[O-])cc1. The summed E-state index contributed by atoms with van der Waals surface area (Å²) in [6.07, 6.45) is 0.265. The van der Waals surface area contributed by atoms with E-state index < -0.39 is 30.8 Å². The maximum Gasteiger partial charge on any atom is 0.269 e. The second-order valence-electron chi connectivity index (χ2n) is 6.28. The molecule has 1 atom stereocenters. The van der Waals surface area contributed by atoms with Crippen molar-refractivity contribution in [1.82, 2.24) is 4.31 Å². The maximum atomic E-state index is 12.9. The maximum absolute atomic E-state index is 12.9. The third-order valence-corrected chi connectivity index (χ3v) is 7.50. The highest BCUT2D eigenvalue weighted by Gasteiger charge is 2.39. The molecule has 0 aromatic heterocycles. The van der Waals surface area contributed by atoms with Gasteiger partial charge in [-0.2, -0.15) is 4.31 Å². The van der Waals surface area contributed by atoms with Crippen molar-refractivity contribution in [2.24, 2.45) is 5.92 Å². The van der Waals surface area contributed by atoms with E-state index in [1.807, 2.05) is 13.8 Å². The van der Waals surface area contributed by atoms with Crippen LogP contribution in [0.5, 0.6) is 0 Å². The Morgan fingerprint density at radius 1 is 1.29 bits per heavy atom. The van der Waals surface area contributed by atoms with Crippen LogP contribution in [-0.2, 0) is 19.9 Å². The van der Waals surface area contributed by atoms with Crippen molar-refractivity contribution in [3.8, 4) is 0 Å². The van der Waals surface area contributed by atoms with E-state index in [2.05, 4.69) is 0 Å². The first-order valence-electron chi connectivity index (χ1n) is 7.49. The van der Waals surface area contributed by atoms with Crippen LogP contribution in [0.15, 0.2) is 29.2 Å². The molecule has 134 valence electrons. The van der Waals surface area contributed by atoms with E-state index >= 15 is 0 Å². The van der Waals surface area contributed by atoms with Crippen molar-refractivity contribution in [1.29, 1.82) is 0 Å². The molecule has 10 heteroatoms. The molecule has 0 saturated carbocycles. The Labute approximate surface area is 141 Å². The number of hydrogen-bond donors (Lipinski definition) is 0. The van der Waals surface area contributed by atoms with Gasteiger partial charge in [-0.05, 0) is 24.5 Å². The van der Waals surface area contributed by atoms with Gasteiger partial charge in [-0.25, -0.2) is 16.8 Å². The quantitative estimate of drug-likeness (QED) is 0.548. The normalized spacial score (nSPS) is 20.6. The predicted molar refractivity (Wildman–Crippen MR) is 88.9 cm³/mol. The Morgan fingerprint density at radius 3 is 2.29 bits per heavy atom. The smallest absolute Gasteiger partial charge is 0.258 e. The Bertz CT molecular complexity index is 815. The molecule has 0 bridgehead atoms. The third-order valence-electron chi connectivity index (χ3n) is 3.81. The number of rotatable bonds is 6. The van der Waals surface area contributed by atoms with Gasteiger partial charge in [0.05, 0.1) is 21.3 Å². The minimum Gasteiger partial charge on any atom is -0.258 e. The van der Waals surface area contributed by atoms with Gasteiger partial charge >= 0.3 is 0 Å². The molecule has 1 fully saturated rings. The Hall–Kier alpha value is -1.52. The minimum atomic E-state index is -3.93. The Balaban J connectivity index is 2.38. The summed E-state index contributed by atoms with van der Waals surface area (Å²) in [4.78, 5) is 10.0. The van der Waals surface area contributed by atoms with E-state index in [1.165, 1.54) is 16.4 Å². The van der Waals surface area contributed by atoms with Crippen LogP contribution in [0, 0.1) is 16.0 Å². The average Bonchev–Trinajstić information content (AvgIpc) is 2.84. The first-order valence-corrected chi connectivity index (χ1v) is 10.8. The number of nitro groups is 1. The number of benzene rings is 1. The van der Waals surface area contributed by atoms with Crippen molar-refractivity contribution in [2.45, 2.75) is 31.2 Å². The summed E-state index contributed by atoms with van der Waals surface area (Å²) in [6, 6.07) is 4.03. The van der Waals surface area contributed by atoms with E-state index in [-0.39, 0.29) is 41.0 Å². The molecule has 24 heavy (non-hydrogen) atoms. The highest BCUT2D eigenvalue weighted by Crippen LogP contribution is 2.27. The lowest BCUT2D eigenvalue weighted by Gasteiger charge is -2.28. The molecule has 1 aliphatic rings. The topological polar surface area (TPSA) is 115 Å². The van der Waals surface area contributed by atoms with Crippen molar-refractivity contribution in [3.63, 3.8) is 0 Å². The van der Waals surface area contributed by atoms with Crippen LogP contribution in [-0.4, -0.2) is 50.2 Å². The number of nitrogens with zero attached hydrogens (tertiary/aromatic N) is 2. The summed E-state index contributed by atoms with van der Waals surface area (Å²) >= 11 is 0. The fraction of sp³-hybridized carbons (Fsp3) is 0.571. The highest BCUT2D eigenvalue weighted by atomic mass is 32.2. The number of nitro benzene ring substituents is 1. The van der Waals surface area contributed by atoms with Crippen LogP contribution < -0.4 is 0 Å². The standard InChI is InChI=1S/C14H20N2O6S2/c1-11(2)9-15(13-7-8-23(19,20)10-13)24(21,22)14-5-3-12(4-6-14)16(17)18/h3-6,11,13H,7-10H2,1-2H3. The Kier molecular flexibility index (Phi) is 5.31. The number of sulfone groups is 1. The van der Waals surface area contributed by atoms with Gasteiger partial charge in [0.15, 0.2) is 9.84 Å². The average molecular weight is 376 g/mol. The number of non-ortho nitro benzene ring substituents is 1. The van der Waals surface area contributed by atoms with Gasteiger partial charge in [-0.1, -0.05) is 13.8 Å². The molecular formula is C14H20N2O6S2. The first kappa shape index (κ1) is 18.8.